The summed E-state index contributed by atoms with van der Waals surface area (Å²) in [5.74, 6) is -0.131. The summed E-state index contributed by atoms with van der Waals surface area (Å²) in [4.78, 5) is 27.1. The van der Waals surface area contributed by atoms with Gasteiger partial charge in [0.15, 0.2) is 0 Å². The molecule has 0 unspecified atom stereocenters. The van der Waals surface area contributed by atoms with Gasteiger partial charge >= 0.3 is 0 Å². The van der Waals surface area contributed by atoms with Crippen LogP contribution in [0.4, 0.5) is 0 Å². The molecule has 1 aromatic carbocycles. The predicted octanol–water partition coefficient (Wildman–Crippen LogP) is 1.83. The van der Waals surface area contributed by atoms with Gasteiger partial charge in [-0.3, -0.25) is 15.0 Å². The molecule has 2 amide bonds. The molecule has 3 rings (SSSR count). The van der Waals surface area contributed by atoms with Crippen molar-refractivity contribution in [3.63, 3.8) is 0 Å². The Morgan fingerprint density at radius 2 is 1.90 bits per heavy atom. The van der Waals surface area contributed by atoms with Crippen molar-refractivity contribution in [2.24, 2.45) is 5.73 Å². The van der Waals surface area contributed by atoms with Crippen molar-refractivity contribution in [3.8, 4) is 0 Å². The standard InChI is InChI=1S/C23H31N5O2/c24-22(25)18-12-10-17(11-13-18)15-27-23(30)20-9-6-14-28(20)21(29)16-26-19-7-4-2-1-3-5-8-19/h2,4-5,8,10-13,19-20,26H,1,3,6-7,9,14-16H2,(H3,24,25)(H,27,30)/b4-2+,8-5-/t19-,20-/m0/s1. The van der Waals surface area contributed by atoms with Gasteiger partial charge in [-0.25, -0.2) is 0 Å². The lowest BCUT2D eigenvalue weighted by Crippen LogP contribution is -2.49. The largest absolute Gasteiger partial charge is 0.384 e. The lowest BCUT2D eigenvalue weighted by atomic mass is 10.1. The molecule has 2 atom stereocenters. The van der Waals surface area contributed by atoms with Gasteiger partial charge in [0.05, 0.1) is 6.54 Å². The summed E-state index contributed by atoms with van der Waals surface area (Å²) < 4.78 is 0. The van der Waals surface area contributed by atoms with Crippen molar-refractivity contribution in [1.29, 1.82) is 5.41 Å². The van der Waals surface area contributed by atoms with Crippen LogP contribution >= 0.6 is 0 Å². The SMILES string of the molecule is N=C(N)c1ccc(CNC(=O)[C@@H]2CCCN2C(=O)CN[C@@H]2/C=C\CC/C=C/C2)cc1. The number of carbonyl (C=O) groups is 2. The van der Waals surface area contributed by atoms with E-state index in [1.165, 1.54) is 0 Å². The molecule has 0 aromatic heterocycles. The van der Waals surface area contributed by atoms with Crippen LogP contribution in [0.25, 0.3) is 0 Å². The Balaban J connectivity index is 1.49. The molecular weight excluding hydrogens is 378 g/mol. The smallest absolute Gasteiger partial charge is 0.243 e. The minimum atomic E-state index is -0.413. The third kappa shape index (κ3) is 6.03. The van der Waals surface area contributed by atoms with Gasteiger partial charge in [-0.1, -0.05) is 48.6 Å². The van der Waals surface area contributed by atoms with E-state index in [0.29, 0.717) is 25.1 Å². The van der Waals surface area contributed by atoms with Crippen LogP contribution in [0.5, 0.6) is 0 Å². The number of rotatable bonds is 7. The molecule has 5 N–H and O–H groups in total. The van der Waals surface area contributed by atoms with Gasteiger partial charge in [0.1, 0.15) is 11.9 Å². The number of nitrogens with two attached hydrogens (primary N) is 1. The first kappa shape index (κ1) is 21.8. The Kier molecular flexibility index (Phi) is 7.79. The Morgan fingerprint density at radius 1 is 1.13 bits per heavy atom. The minimum Gasteiger partial charge on any atom is -0.384 e. The molecule has 1 fully saturated rings. The molecule has 160 valence electrons. The molecule has 0 bridgehead atoms. The molecule has 0 spiro atoms. The molecule has 0 radical (unpaired) electrons. The van der Waals surface area contributed by atoms with Crippen molar-refractivity contribution >= 4 is 17.6 Å². The van der Waals surface area contributed by atoms with Crippen molar-refractivity contribution in [2.75, 3.05) is 13.1 Å². The highest BCUT2D eigenvalue weighted by molar-refractivity contribution is 5.94. The first-order valence-corrected chi connectivity index (χ1v) is 10.6. The van der Waals surface area contributed by atoms with Crippen LogP contribution in [0.3, 0.4) is 0 Å². The molecule has 1 aliphatic heterocycles. The van der Waals surface area contributed by atoms with Gasteiger partial charge in [-0.15, -0.1) is 0 Å². The molecule has 1 aliphatic carbocycles. The number of benzene rings is 1. The first-order valence-electron chi connectivity index (χ1n) is 10.6. The zero-order chi connectivity index (χ0) is 21.3. The lowest BCUT2D eigenvalue weighted by Gasteiger charge is -2.25. The van der Waals surface area contributed by atoms with Gasteiger partial charge in [0.2, 0.25) is 11.8 Å². The molecular formula is C23H31N5O2. The van der Waals surface area contributed by atoms with Gasteiger partial charge in [0.25, 0.3) is 0 Å². The number of amides is 2. The number of carbonyl (C=O) groups excluding carboxylic acids is 2. The number of allylic oxidation sites excluding steroid dienone is 2. The van der Waals surface area contributed by atoms with Crippen molar-refractivity contribution < 1.29 is 9.59 Å². The van der Waals surface area contributed by atoms with Crippen LogP contribution in [0, 0.1) is 5.41 Å². The molecule has 1 aromatic rings. The average molecular weight is 410 g/mol. The second-order valence-corrected chi connectivity index (χ2v) is 7.77. The third-order valence-corrected chi connectivity index (χ3v) is 5.55. The second kappa shape index (κ2) is 10.7. The summed E-state index contributed by atoms with van der Waals surface area (Å²) in [6.07, 6.45) is 13.1. The highest BCUT2D eigenvalue weighted by atomic mass is 16.2. The zero-order valence-electron chi connectivity index (χ0n) is 17.3. The van der Waals surface area contributed by atoms with Crippen LogP contribution in [-0.4, -0.2) is 47.7 Å². The third-order valence-electron chi connectivity index (χ3n) is 5.55. The normalized spacial score (nSPS) is 23.3. The van der Waals surface area contributed by atoms with E-state index in [0.717, 1.165) is 31.2 Å². The van der Waals surface area contributed by atoms with Crippen LogP contribution in [0.15, 0.2) is 48.6 Å². The molecule has 0 saturated carbocycles. The van der Waals surface area contributed by atoms with Crippen LogP contribution in [0.1, 0.15) is 43.2 Å². The van der Waals surface area contributed by atoms with Crippen molar-refractivity contribution in [2.45, 2.75) is 50.7 Å². The molecule has 30 heavy (non-hydrogen) atoms. The first-order chi connectivity index (χ1) is 14.5. The maximum Gasteiger partial charge on any atom is 0.243 e. The zero-order valence-corrected chi connectivity index (χ0v) is 17.3. The summed E-state index contributed by atoms with van der Waals surface area (Å²) in [6, 6.07) is 6.95. The number of nitrogens with zero attached hydrogens (tertiary/aromatic N) is 1. The summed E-state index contributed by atoms with van der Waals surface area (Å²) in [6.45, 7) is 1.23. The second-order valence-electron chi connectivity index (χ2n) is 7.77. The van der Waals surface area contributed by atoms with Gasteiger partial charge in [-0.2, -0.15) is 0 Å². The predicted molar refractivity (Wildman–Crippen MR) is 118 cm³/mol. The fourth-order valence-corrected chi connectivity index (χ4v) is 3.81. The van der Waals surface area contributed by atoms with E-state index >= 15 is 0 Å². The maximum absolute atomic E-state index is 12.7. The fraction of sp³-hybridized carbons (Fsp3) is 0.435. The van der Waals surface area contributed by atoms with E-state index in [2.05, 4.69) is 34.9 Å². The van der Waals surface area contributed by atoms with Crippen LogP contribution in [-0.2, 0) is 16.1 Å². The van der Waals surface area contributed by atoms with E-state index in [1.54, 1.807) is 17.0 Å². The quantitative estimate of drug-likeness (QED) is 0.313. The Bertz CT molecular complexity index is 815. The molecule has 7 heteroatoms. The van der Waals surface area contributed by atoms with Gasteiger partial charge in [0, 0.05) is 24.7 Å². The average Bonchev–Trinajstić information content (AvgIpc) is 3.21. The Labute approximate surface area is 177 Å². The number of likely N-dealkylation sites (tertiary alicyclic amines) is 1. The van der Waals surface area contributed by atoms with E-state index < -0.39 is 6.04 Å². The van der Waals surface area contributed by atoms with E-state index in [9.17, 15) is 9.59 Å². The highest BCUT2D eigenvalue weighted by Gasteiger charge is 2.33. The summed E-state index contributed by atoms with van der Waals surface area (Å²) in [5, 5.41) is 13.7. The molecule has 7 nitrogen and oxygen atoms in total. The summed E-state index contributed by atoms with van der Waals surface area (Å²) in [5.41, 5.74) is 7.04. The fourth-order valence-electron chi connectivity index (χ4n) is 3.81. The van der Waals surface area contributed by atoms with Gasteiger partial charge in [-0.05, 0) is 37.7 Å². The topological polar surface area (TPSA) is 111 Å². The minimum absolute atomic E-state index is 0.0187. The number of amidine groups is 1. The summed E-state index contributed by atoms with van der Waals surface area (Å²) in [7, 11) is 0. The van der Waals surface area contributed by atoms with Gasteiger partial charge < -0.3 is 21.3 Å². The van der Waals surface area contributed by atoms with Crippen LogP contribution < -0.4 is 16.4 Å². The Hall–Kier alpha value is -2.93. The number of nitrogen functional groups attached to an aromatic ring is 1. The Morgan fingerprint density at radius 3 is 2.67 bits per heavy atom. The molecule has 1 saturated heterocycles. The lowest BCUT2D eigenvalue weighted by molar-refractivity contribution is -0.137. The monoisotopic (exact) mass is 409 g/mol. The molecule has 1 heterocycles. The van der Waals surface area contributed by atoms with E-state index in [4.69, 9.17) is 11.1 Å². The number of nitrogens with one attached hydrogen (secondary N) is 3. The maximum atomic E-state index is 12.7. The van der Waals surface area contributed by atoms with Crippen molar-refractivity contribution in [1.82, 2.24) is 15.5 Å². The van der Waals surface area contributed by atoms with E-state index in [1.807, 2.05) is 12.1 Å². The van der Waals surface area contributed by atoms with Crippen molar-refractivity contribution in [3.05, 3.63) is 59.7 Å². The van der Waals surface area contributed by atoms with Crippen LogP contribution in [0.2, 0.25) is 0 Å². The summed E-state index contributed by atoms with van der Waals surface area (Å²) >= 11 is 0. The van der Waals surface area contributed by atoms with E-state index in [-0.39, 0.29) is 30.2 Å². The number of hydrogen-bond acceptors (Lipinski definition) is 4. The molecule has 2 aliphatic rings. The number of hydrogen-bond donors (Lipinski definition) is 4. The highest BCUT2D eigenvalue weighted by Crippen LogP contribution is 2.18.